The molecule has 0 bridgehead atoms. The van der Waals surface area contributed by atoms with Crippen LogP contribution in [0.1, 0.15) is 43.0 Å². The van der Waals surface area contributed by atoms with E-state index in [1.165, 1.54) is 6.07 Å². The van der Waals surface area contributed by atoms with E-state index in [0.29, 0.717) is 36.3 Å². The van der Waals surface area contributed by atoms with Gasteiger partial charge < -0.3 is 14.8 Å². The summed E-state index contributed by atoms with van der Waals surface area (Å²) in [6, 6.07) is 8.69. The molecule has 9 nitrogen and oxygen atoms in total. The highest BCUT2D eigenvalue weighted by Gasteiger charge is 2.33. The standard InChI is InChI=1S/C21H23N5O4/c1-4-29-15-7-6-13(10-16(15)30-5-2)14-11-19(28)22-21-20(14)12(3)25-26(21)17-8-9-18(27)24-23-17/h6-10,14H,4-5,11H2,1-3H3,(H,22,28)(H,24,27)/t14-/m0/s1. The van der Waals surface area contributed by atoms with Crippen LogP contribution in [0.25, 0.3) is 5.82 Å². The normalized spacial score (nSPS) is 15.4. The first-order chi connectivity index (χ1) is 14.5. The zero-order valence-electron chi connectivity index (χ0n) is 17.1. The van der Waals surface area contributed by atoms with Crippen molar-refractivity contribution >= 4 is 11.7 Å². The number of aromatic amines is 1. The number of aryl methyl sites for hydroxylation is 1. The predicted octanol–water partition coefficient (Wildman–Crippen LogP) is 2.54. The zero-order chi connectivity index (χ0) is 21.3. The van der Waals surface area contributed by atoms with Gasteiger partial charge in [-0.1, -0.05) is 6.07 Å². The topological polar surface area (TPSA) is 111 Å². The molecule has 0 saturated carbocycles. The highest BCUT2D eigenvalue weighted by atomic mass is 16.5. The molecule has 0 unspecified atom stereocenters. The van der Waals surface area contributed by atoms with Crippen molar-refractivity contribution in [2.75, 3.05) is 18.5 Å². The summed E-state index contributed by atoms with van der Waals surface area (Å²) in [6.07, 6.45) is 0.290. The number of anilines is 1. The molecule has 4 rings (SSSR count). The van der Waals surface area contributed by atoms with Crippen molar-refractivity contribution in [1.82, 2.24) is 20.0 Å². The van der Waals surface area contributed by atoms with Gasteiger partial charge in [0, 0.05) is 24.0 Å². The first kappa shape index (κ1) is 19.7. The van der Waals surface area contributed by atoms with Crippen molar-refractivity contribution in [3.63, 3.8) is 0 Å². The molecule has 9 heteroatoms. The van der Waals surface area contributed by atoms with Crippen LogP contribution in [-0.4, -0.2) is 39.1 Å². The van der Waals surface area contributed by atoms with E-state index in [1.54, 1.807) is 10.7 Å². The summed E-state index contributed by atoms with van der Waals surface area (Å²) in [6.45, 7) is 6.77. The largest absolute Gasteiger partial charge is 0.490 e. The molecule has 0 spiro atoms. The average Bonchev–Trinajstić information content (AvgIpc) is 3.06. The Labute approximate surface area is 173 Å². The maximum absolute atomic E-state index is 12.6. The second kappa shape index (κ2) is 8.02. The van der Waals surface area contributed by atoms with E-state index in [2.05, 4.69) is 20.6 Å². The summed E-state index contributed by atoms with van der Waals surface area (Å²) in [5, 5.41) is 13.9. The number of amides is 1. The molecule has 1 atom stereocenters. The van der Waals surface area contributed by atoms with Crippen LogP contribution in [0.4, 0.5) is 5.82 Å². The summed E-state index contributed by atoms with van der Waals surface area (Å²) in [4.78, 5) is 23.9. The van der Waals surface area contributed by atoms with E-state index in [-0.39, 0.29) is 23.8 Å². The van der Waals surface area contributed by atoms with Crippen LogP contribution in [0.15, 0.2) is 35.1 Å². The number of benzene rings is 1. The van der Waals surface area contributed by atoms with Gasteiger partial charge in [0.15, 0.2) is 17.3 Å². The van der Waals surface area contributed by atoms with Gasteiger partial charge in [-0.25, -0.2) is 5.10 Å². The van der Waals surface area contributed by atoms with Crippen LogP contribution >= 0.6 is 0 Å². The molecule has 1 aliphatic rings. The zero-order valence-corrected chi connectivity index (χ0v) is 17.1. The predicted molar refractivity (Wildman–Crippen MR) is 111 cm³/mol. The summed E-state index contributed by atoms with van der Waals surface area (Å²) < 4.78 is 13.0. The quantitative estimate of drug-likeness (QED) is 0.647. The van der Waals surface area contributed by atoms with Gasteiger partial charge in [-0.05, 0) is 44.5 Å². The molecule has 0 saturated heterocycles. The fourth-order valence-electron chi connectivity index (χ4n) is 3.74. The Morgan fingerprint density at radius 1 is 1.10 bits per heavy atom. The smallest absolute Gasteiger partial charge is 0.264 e. The number of nitrogens with one attached hydrogen (secondary N) is 2. The molecule has 0 aliphatic carbocycles. The lowest BCUT2D eigenvalue weighted by molar-refractivity contribution is -0.116. The van der Waals surface area contributed by atoms with Gasteiger partial charge in [-0.2, -0.15) is 14.9 Å². The molecule has 3 heterocycles. The number of aromatic nitrogens is 4. The Morgan fingerprint density at radius 3 is 2.57 bits per heavy atom. The molecular formula is C21H23N5O4. The summed E-state index contributed by atoms with van der Waals surface area (Å²) >= 11 is 0. The minimum Gasteiger partial charge on any atom is -0.490 e. The maximum atomic E-state index is 12.6. The van der Waals surface area contributed by atoms with E-state index in [0.717, 1.165) is 16.8 Å². The van der Waals surface area contributed by atoms with Gasteiger partial charge in [0.25, 0.3) is 5.56 Å². The Kier molecular flexibility index (Phi) is 5.26. The molecule has 1 amide bonds. The number of carbonyl (C=O) groups is 1. The number of hydrogen-bond acceptors (Lipinski definition) is 6. The molecule has 0 fully saturated rings. The number of rotatable bonds is 6. The highest BCUT2D eigenvalue weighted by Crippen LogP contribution is 2.42. The second-order valence-corrected chi connectivity index (χ2v) is 6.92. The van der Waals surface area contributed by atoms with E-state index in [1.807, 2.05) is 39.0 Å². The van der Waals surface area contributed by atoms with Crippen LogP contribution in [0.3, 0.4) is 0 Å². The minimum atomic E-state index is -0.309. The maximum Gasteiger partial charge on any atom is 0.264 e. The molecule has 156 valence electrons. The lowest BCUT2D eigenvalue weighted by atomic mass is 9.85. The third-order valence-electron chi connectivity index (χ3n) is 4.95. The van der Waals surface area contributed by atoms with Crippen molar-refractivity contribution in [2.45, 2.75) is 33.1 Å². The van der Waals surface area contributed by atoms with Gasteiger partial charge in [-0.15, -0.1) is 0 Å². The first-order valence-corrected chi connectivity index (χ1v) is 9.86. The van der Waals surface area contributed by atoms with Crippen molar-refractivity contribution in [3.8, 4) is 17.3 Å². The van der Waals surface area contributed by atoms with E-state index in [9.17, 15) is 9.59 Å². The first-order valence-electron chi connectivity index (χ1n) is 9.86. The third kappa shape index (κ3) is 3.54. The molecule has 30 heavy (non-hydrogen) atoms. The van der Waals surface area contributed by atoms with Gasteiger partial charge in [0.05, 0.1) is 18.9 Å². The van der Waals surface area contributed by atoms with E-state index >= 15 is 0 Å². The number of ether oxygens (including phenoxy) is 2. The van der Waals surface area contributed by atoms with Gasteiger partial charge in [0.2, 0.25) is 5.91 Å². The summed E-state index contributed by atoms with van der Waals surface area (Å²) in [5.74, 6) is 1.98. The van der Waals surface area contributed by atoms with E-state index in [4.69, 9.17) is 9.47 Å². The van der Waals surface area contributed by atoms with Crippen molar-refractivity contribution in [3.05, 3.63) is 57.5 Å². The number of nitrogens with zero attached hydrogens (tertiary/aromatic N) is 3. The summed E-state index contributed by atoms with van der Waals surface area (Å²) in [7, 11) is 0. The Hall–Kier alpha value is -3.62. The monoisotopic (exact) mass is 409 g/mol. The Bertz CT molecular complexity index is 1130. The van der Waals surface area contributed by atoms with Crippen LogP contribution in [0.5, 0.6) is 11.5 Å². The minimum absolute atomic E-state index is 0.120. The highest BCUT2D eigenvalue weighted by molar-refractivity contribution is 5.95. The molecular weight excluding hydrogens is 386 g/mol. The molecule has 2 aromatic heterocycles. The lowest BCUT2D eigenvalue weighted by Gasteiger charge is -2.25. The van der Waals surface area contributed by atoms with Gasteiger partial charge >= 0.3 is 0 Å². The Morgan fingerprint density at radius 2 is 1.87 bits per heavy atom. The fourth-order valence-corrected chi connectivity index (χ4v) is 3.74. The van der Waals surface area contributed by atoms with Crippen LogP contribution in [-0.2, 0) is 4.79 Å². The van der Waals surface area contributed by atoms with Crippen molar-refractivity contribution < 1.29 is 14.3 Å². The third-order valence-corrected chi connectivity index (χ3v) is 4.95. The van der Waals surface area contributed by atoms with E-state index < -0.39 is 0 Å². The van der Waals surface area contributed by atoms with Crippen molar-refractivity contribution in [2.24, 2.45) is 0 Å². The van der Waals surface area contributed by atoms with Crippen molar-refractivity contribution in [1.29, 1.82) is 0 Å². The average molecular weight is 409 g/mol. The van der Waals surface area contributed by atoms with Crippen LogP contribution in [0, 0.1) is 6.92 Å². The Balaban J connectivity index is 1.81. The summed E-state index contributed by atoms with van der Waals surface area (Å²) in [5.41, 5.74) is 2.32. The fraction of sp³-hybridized carbons (Fsp3) is 0.333. The number of H-pyrrole nitrogens is 1. The van der Waals surface area contributed by atoms with Gasteiger partial charge in [0.1, 0.15) is 5.82 Å². The number of hydrogen-bond donors (Lipinski definition) is 2. The lowest BCUT2D eigenvalue weighted by Crippen LogP contribution is -2.25. The SMILES string of the molecule is CCOc1ccc([C@@H]2CC(=O)Nc3c2c(C)nn3-c2ccc(=O)[nH]n2)cc1OCC. The molecule has 1 aliphatic heterocycles. The van der Waals surface area contributed by atoms with Crippen LogP contribution in [0.2, 0.25) is 0 Å². The molecule has 1 aromatic carbocycles. The number of fused-ring (bicyclic) bond motifs is 1. The molecule has 3 aromatic rings. The molecule has 2 N–H and O–H groups in total. The van der Waals surface area contributed by atoms with Crippen LogP contribution < -0.4 is 20.3 Å². The van der Waals surface area contributed by atoms with Gasteiger partial charge in [-0.3, -0.25) is 9.59 Å². The molecule has 0 radical (unpaired) electrons. The second-order valence-electron chi connectivity index (χ2n) is 6.92. The number of carbonyl (C=O) groups excluding carboxylic acids is 1.